The van der Waals surface area contributed by atoms with Gasteiger partial charge < -0.3 is 4.52 Å². The van der Waals surface area contributed by atoms with Crippen LogP contribution < -0.4 is 9.83 Å². The van der Waals surface area contributed by atoms with E-state index in [0.717, 1.165) is 0 Å². The minimum Gasteiger partial charge on any atom is -0.430 e. The Labute approximate surface area is 108 Å². The summed E-state index contributed by atoms with van der Waals surface area (Å²) in [5.41, 5.74) is 0. The smallest absolute Gasteiger partial charge is 0.349 e. The third kappa shape index (κ3) is 2.63. The second-order valence-corrected chi connectivity index (χ2v) is 6.65. The average Bonchev–Trinajstić information content (AvgIpc) is 2.40. The molecule has 0 fully saturated rings. The Kier molecular flexibility index (Phi) is 3.85. The Morgan fingerprint density at radius 2 is 1.39 bits per heavy atom. The lowest BCUT2D eigenvalue weighted by atomic mass is 10.3. The Balaban J connectivity index is 2.37. The predicted molar refractivity (Wildman–Crippen MR) is 74.4 cm³/mol. The molecule has 0 unspecified atom stereocenters. The van der Waals surface area contributed by atoms with E-state index in [9.17, 15) is 4.57 Å². The van der Waals surface area contributed by atoms with E-state index in [2.05, 4.69) is 0 Å². The highest BCUT2D eigenvalue weighted by Crippen LogP contribution is 2.47. The van der Waals surface area contributed by atoms with Gasteiger partial charge in [-0.15, -0.1) is 0 Å². The first-order chi connectivity index (χ1) is 8.63. The van der Waals surface area contributed by atoms with Crippen LogP contribution in [0.4, 0.5) is 0 Å². The van der Waals surface area contributed by atoms with Gasteiger partial charge in [-0.3, -0.25) is 4.57 Å². The van der Waals surface area contributed by atoms with Crippen LogP contribution in [0.25, 0.3) is 0 Å². The van der Waals surface area contributed by atoms with Gasteiger partial charge in [0, 0.05) is 0 Å². The molecular weight excluding hydrogens is 245 g/mol. The maximum absolute atomic E-state index is 13.0. The molecule has 2 aromatic rings. The van der Waals surface area contributed by atoms with Crippen molar-refractivity contribution in [3.05, 3.63) is 60.7 Å². The summed E-state index contributed by atoms with van der Waals surface area (Å²) < 4.78 is 20.4. The molecular formula is C14H16NO2P. The van der Waals surface area contributed by atoms with Crippen LogP contribution in [0, 0.1) is 0 Å². The highest BCUT2D eigenvalue weighted by molar-refractivity contribution is 7.65. The van der Waals surface area contributed by atoms with Crippen molar-refractivity contribution in [3.8, 4) is 5.75 Å². The predicted octanol–water partition coefficient (Wildman–Crippen LogP) is 3.15. The van der Waals surface area contributed by atoms with Gasteiger partial charge >= 0.3 is 7.52 Å². The molecule has 0 saturated carbocycles. The van der Waals surface area contributed by atoms with E-state index in [0.29, 0.717) is 11.1 Å². The molecule has 0 radical (unpaired) electrons. The number of hydrogen-bond acceptors (Lipinski definition) is 2. The summed E-state index contributed by atoms with van der Waals surface area (Å²) in [6.45, 7) is 0. The Morgan fingerprint density at radius 3 is 1.89 bits per heavy atom. The number of hydrogen-bond donors (Lipinski definition) is 0. The SMILES string of the molecule is CN(C)[P@@](=O)(Oc1ccccc1)c1ccccc1. The highest BCUT2D eigenvalue weighted by Gasteiger charge is 2.30. The van der Waals surface area contributed by atoms with Crippen molar-refractivity contribution < 1.29 is 9.09 Å². The first-order valence-corrected chi connectivity index (χ1v) is 7.29. The van der Waals surface area contributed by atoms with E-state index in [4.69, 9.17) is 4.52 Å². The molecule has 0 saturated heterocycles. The summed E-state index contributed by atoms with van der Waals surface area (Å²) in [4.78, 5) is 0. The number of para-hydroxylation sites is 1. The van der Waals surface area contributed by atoms with Crippen LogP contribution in [0.15, 0.2) is 60.7 Å². The highest BCUT2D eigenvalue weighted by atomic mass is 31.2. The summed E-state index contributed by atoms with van der Waals surface area (Å²) >= 11 is 0. The Hall–Kier alpha value is -1.57. The molecule has 0 N–H and O–H groups in total. The fraction of sp³-hybridized carbons (Fsp3) is 0.143. The number of nitrogens with zero attached hydrogens (tertiary/aromatic N) is 1. The van der Waals surface area contributed by atoms with Gasteiger partial charge in [-0.2, -0.15) is 0 Å². The molecule has 1 atom stereocenters. The molecule has 2 aromatic carbocycles. The Bertz CT molecular complexity index is 540. The average molecular weight is 261 g/mol. The van der Waals surface area contributed by atoms with Gasteiger partial charge in [-0.1, -0.05) is 36.4 Å². The van der Waals surface area contributed by atoms with Gasteiger partial charge in [0.25, 0.3) is 0 Å². The second-order valence-electron chi connectivity index (χ2n) is 4.11. The van der Waals surface area contributed by atoms with Crippen molar-refractivity contribution >= 4 is 12.8 Å². The Morgan fingerprint density at radius 1 is 0.889 bits per heavy atom. The molecule has 94 valence electrons. The van der Waals surface area contributed by atoms with Gasteiger partial charge in [0.2, 0.25) is 0 Å². The summed E-state index contributed by atoms with van der Waals surface area (Å²) in [7, 11) is 0.489. The minimum atomic E-state index is -3.03. The zero-order valence-corrected chi connectivity index (χ0v) is 11.4. The van der Waals surface area contributed by atoms with Crippen LogP contribution in [0.2, 0.25) is 0 Å². The molecule has 0 bridgehead atoms. The lowest BCUT2D eigenvalue weighted by Gasteiger charge is -2.25. The first-order valence-electron chi connectivity index (χ1n) is 5.71. The molecule has 0 spiro atoms. The maximum Gasteiger partial charge on any atom is 0.349 e. The zero-order valence-electron chi connectivity index (χ0n) is 10.5. The van der Waals surface area contributed by atoms with Crippen LogP contribution in [-0.4, -0.2) is 18.8 Å². The maximum atomic E-state index is 13.0. The molecule has 0 aliphatic heterocycles. The minimum absolute atomic E-state index is 0.610. The van der Waals surface area contributed by atoms with Gasteiger partial charge in [-0.25, -0.2) is 4.67 Å². The molecule has 0 aliphatic carbocycles. The molecule has 0 aromatic heterocycles. The monoisotopic (exact) mass is 261 g/mol. The topological polar surface area (TPSA) is 29.5 Å². The van der Waals surface area contributed by atoms with E-state index in [1.807, 2.05) is 48.5 Å². The second kappa shape index (κ2) is 5.38. The fourth-order valence-electron chi connectivity index (χ4n) is 1.61. The van der Waals surface area contributed by atoms with Crippen molar-refractivity contribution in [2.45, 2.75) is 0 Å². The van der Waals surface area contributed by atoms with E-state index in [1.54, 1.807) is 30.9 Å². The molecule has 3 nitrogen and oxygen atoms in total. The first kappa shape index (κ1) is 12.9. The van der Waals surface area contributed by atoms with Crippen molar-refractivity contribution in [2.24, 2.45) is 0 Å². The van der Waals surface area contributed by atoms with Crippen molar-refractivity contribution in [3.63, 3.8) is 0 Å². The third-order valence-corrected chi connectivity index (χ3v) is 5.04. The van der Waals surface area contributed by atoms with Crippen molar-refractivity contribution in [2.75, 3.05) is 14.1 Å². The standard InChI is InChI=1S/C14H16NO2P/c1-15(2)18(16,14-11-7-4-8-12-14)17-13-9-5-3-6-10-13/h3-12H,1-2H3/t18-/m0/s1. The quantitative estimate of drug-likeness (QED) is 0.792. The summed E-state index contributed by atoms with van der Waals surface area (Å²) in [5.74, 6) is 0.610. The van der Waals surface area contributed by atoms with E-state index >= 15 is 0 Å². The van der Waals surface area contributed by atoms with Crippen LogP contribution in [0.1, 0.15) is 0 Å². The fourth-order valence-corrected chi connectivity index (χ4v) is 3.29. The molecule has 0 heterocycles. The molecule has 2 rings (SSSR count). The van der Waals surface area contributed by atoms with Crippen molar-refractivity contribution in [1.29, 1.82) is 0 Å². The molecule has 0 aliphatic rings. The summed E-state index contributed by atoms with van der Waals surface area (Å²) in [6.07, 6.45) is 0. The van der Waals surface area contributed by atoms with E-state index < -0.39 is 7.52 Å². The van der Waals surface area contributed by atoms with Gasteiger partial charge in [-0.05, 0) is 38.4 Å². The molecule has 0 amide bonds. The molecule has 18 heavy (non-hydrogen) atoms. The van der Waals surface area contributed by atoms with Crippen LogP contribution in [-0.2, 0) is 4.57 Å². The lowest BCUT2D eigenvalue weighted by molar-refractivity contribution is 0.429. The normalized spacial score (nSPS) is 14.2. The molecule has 4 heteroatoms. The van der Waals surface area contributed by atoms with Crippen LogP contribution >= 0.6 is 7.52 Å². The van der Waals surface area contributed by atoms with Crippen LogP contribution in [0.3, 0.4) is 0 Å². The van der Waals surface area contributed by atoms with Gasteiger partial charge in [0.05, 0.1) is 5.30 Å². The van der Waals surface area contributed by atoms with Crippen molar-refractivity contribution in [1.82, 2.24) is 4.67 Å². The number of rotatable bonds is 4. The lowest BCUT2D eigenvalue weighted by Crippen LogP contribution is -2.22. The largest absolute Gasteiger partial charge is 0.430 e. The third-order valence-electron chi connectivity index (χ3n) is 2.58. The van der Waals surface area contributed by atoms with Gasteiger partial charge in [0.1, 0.15) is 5.75 Å². The van der Waals surface area contributed by atoms with E-state index in [1.165, 1.54) is 0 Å². The van der Waals surface area contributed by atoms with E-state index in [-0.39, 0.29) is 0 Å². The van der Waals surface area contributed by atoms with Gasteiger partial charge in [0.15, 0.2) is 0 Å². The zero-order chi connectivity index (χ0) is 13.0. The van der Waals surface area contributed by atoms with Crippen LogP contribution in [0.5, 0.6) is 5.75 Å². The number of benzene rings is 2. The summed E-state index contributed by atoms with van der Waals surface area (Å²) in [5, 5.41) is 0.693. The summed E-state index contributed by atoms with van der Waals surface area (Å²) in [6, 6.07) is 18.5.